The molecule has 0 aliphatic carbocycles. The molecule has 0 spiro atoms. The molecule has 2 N–H and O–H groups in total. The molecule has 0 saturated carbocycles. The Bertz CT molecular complexity index is 753. The first-order valence-corrected chi connectivity index (χ1v) is 6.87. The molecule has 0 aliphatic heterocycles. The molecule has 0 radical (unpaired) electrons. The van der Waals surface area contributed by atoms with Crippen LogP contribution in [0.15, 0.2) is 42.5 Å². The van der Waals surface area contributed by atoms with Crippen LogP contribution in [0.5, 0.6) is 0 Å². The van der Waals surface area contributed by atoms with E-state index in [9.17, 15) is 25.3 Å². The summed E-state index contributed by atoms with van der Waals surface area (Å²) in [6.45, 7) is -0.0393. The Kier molecular flexibility index (Phi) is 5.09. The van der Waals surface area contributed by atoms with Crippen molar-refractivity contribution in [2.45, 2.75) is 6.10 Å². The van der Waals surface area contributed by atoms with Crippen molar-refractivity contribution in [3.05, 3.63) is 73.3 Å². The maximum Gasteiger partial charge on any atom is 0.299 e. The predicted octanol–water partition coefficient (Wildman–Crippen LogP) is 3.30. The van der Waals surface area contributed by atoms with Crippen LogP contribution in [0.25, 0.3) is 0 Å². The lowest BCUT2D eigenvalue weighted by atomic mass is 10.1. The molecule has 120 valence electrons. The van der Waals surface area contributed by atoms with Crippen LogP contribution in [0.4, 0.5) is 17.1 Å². The second kappa shape index (κ2) is 7.03. The predicted molar refractivity (Wildman–Crippen MR) is 84.7 cm³/mol. The smallest absolute Gasteiger partial charge is 0.299 e. The lowest BCUT2D eigenvalue weighted by molar-refractivity contribution is -0.393. The molecule has 2 aromatic rings. The topological polar surface area (TPSA) is 119 Å². The number of hydrogen-bond acceptors (Lipinski definition) is 6. The largest absolute Gasteiger partial charge is 0.387 e. The van der Waals surface area contributed by atoms with Crippen molar-refractivity contribution in [2.24, 2.45) is 0 Å². The van der Waals surface area contributed by atoms with E-state index in [2.05, 4.69) is 5.32 Å². The van der Waals surface area contributed by atoms with Crippen molar-refractivity contribution in [1.29, 1.82) is 0 Å². The van der Waals surface area contributed by atoms with Gasteiger partial charge in [-0.1, -0.05) is 29.8 Å². The molecule has 0 aromatic heterocycles. The first kappa shape index (κ1) is 16.7. The van der Waals surface area contributed by atoms with Crippen LogP contribution in [0.3, 0.4) is 0 Å². The Morgan fingerprint density at radius 1 is 1.13 bits per heavy atom. The Morgan fingerprint density at radius 2 is 1.83 bits per heavy atom. The van der Waals surface area contributed by atoms with Crippen LogP contribution in [0.2, 0.25) is 5.02 Å². The number of non-ortho nitro benzene ring substituents is 1. The Labute approximate surface area is 135 Å². The molecule has 1 atom stereocenters. The SMILES string of the molecule is O=[N+]([O-])c1ccc(NCC(O)c2ccccc2Cl)c([N+](=O)[O-])c1. The summed E-state index contributed by atoms with van der Waals surface area (Å²) in [4.78, 5) is 20.3. The zero-order chi connectivity index (χ0) is 17.0. The summed E-state index contributed by atoms with van der Waals surface area (Å²) in [7, 11) is 0. The van der Waals surface area contributed by atoms with Crippen LogP contribution >= 0.6 is 11.6 Å². The molecule has 0 heterocycles. The number of nitrogens with zero attached hydrogens (tertiary/aromatic N) is 2. The molecule has 1 unspecified atom stereocenters. The minimum atomic E-state index is -0.988. The van der Waals surface area contributed by atoms with Crippen LogP contribution < -0.4 is 5.32 Å². The number of anilines is 1. The molecule has 8 nitrogen and oxygen atoms in total. The van der Waals surface area contributed by atoms with Gasteiger partial charge in [0.15, 0.2) is 0 Å². The molecule has 0 amide bonds. The standard InChI is InChI=1S/C14H12ClN3O5/c15-11-4-2-1-3-10(11)14(19)8-16-12-6-5-9(17(20)21)7-13(12)18(22)23/h1-7,14,16,19H,8H2. The van der Waals surface area contributed by atoms with E-state index in [1.807, 2.05) is 0 Å². The molecule has 2 rings (SSSR count). The van der Waals surface area contributed by atoms with E-state index in [1.54, 1.807) is 24.3 Å². The maximum atomic E-state index is 11.0. The van der Waals surface area contributed by atoms with Gasteiger partial charge in [-0.25, -0.2) is 0 Å². The summed E-state index contributed by atoms with van der Waals surface area (Å²) in [5, 5.41) is 34.9. The molecule has 9 heteroatoms. The fraction of sp³-hybridized carbons (Fsp3) is 0.143. The number of benzene rings is 2. The van der Waals surface area contributed by atoms with Gasteiger partial charge in [0.1, 0.15) is 5.69 Å². The first-order chi connectivity index (χ1) is 10.9. The third-order valence-electron chi connectivity index (χ3n) is 3.14. The molecular formula is C14H12ClN3O5. The zero-order valence-electron chi connectivity index (χ0n) is 11.7. The highest BCUT2D eigenvalue weighted by atomic mass is 35.5. The zero-order valence-corrected chi connectivity index (χ0v) is 12.4. The lowest BCUT2D eigenvalue weighted by Crippen LogP contribution is -2.13. The van der Waals surface area contributed by atoms with Crippen LogP contribution in [0, 0.1) is 20.2 Å². The first-order valence-electron chi connectivity index (χ1n) is 6.49. The van der Waals surface area contributed by atoms with E-state index < -0.39 is 21.6 Å². The molecule has 2 aromatic carbocycles. The monoisotopic (exact) mass is 337 g/mol. The van der Waals surface area contributed by atoms with Gasteiger partial charge in [-0.15, -0.1) is 0 Å². The Hall–Kier alpha value is -2.71. The van der Waals surface area contributed by atoms with E-state index in [4.69, 9.17) is 11.6 Å². The van der Waals surface area contributed by atoms with Crippen LogP contribution in [0.1, 0.15) is 11.7 Å². The highest BCUT2D eigenvalue weighted by Crippen LogP contribution is 2.30. The summed E-state index contributed by atoms with van der Waals surface area (Å²) in [6, 6.07) is 9.93. The van der Waals surface area contributed by atoms with Gasteiger partial charge in [0.2, 0.25) is 0 Å². The highest BCUT2D eigenvalue weighted by molar-refractivity contribution is 6.31. The van der Waals surface area contributed by atoms with Crippen molar-refractivity contribution >= 4 is 28.7 Å². The summed E-state index contributed by atoms with van der Waals surface area (Å²) in [5.41, 5.74) is -0.266. The van der Waals surface area contributed by atoms with Gasteiger partial charge in [-0.05, 0) is 12.1 Å². The van der Waals surface area contributed by atoms with Gasteiger partial charge in [0.05, 0.1) is 22.0 Å². The van der Waals surface area contributed by atoms with Crippen molar-refractivity contribution in [3.63, 3.8) is 0 Å². The van der Waals surface area contributed by atoms with Gasteiger partial charge >= 0.3 is 0 Å². The normalized spacial score (nSPS) is 11.7. The van der Waals surface area contributed by atoms with Gasteiger partial charge < -0.3 is 10.4 Å². The Balaban J connectivity index is 2.18. The molecule has 0 saturated heterocycles. The van der Waals surface area contributed by atoms with E-state index >= 15 is 0 Å². The molecule has 0 fully saturated rings. The number of nitrogens with one attached hydrogen (secondary N) is 1. The van der Waals surface area contributed by atoms with E-state index in [-0.39, 0.29) is 17.9 Å². The van der Waals surface area contributed by atoms with Gasteiger partial charge in [0, 0.05) is 23.2 Å². The number of aliphatic hydroxyl groups is 1. The number of rotatable bonds is 6. The number of aliphatic hydroxyl groups excluding tert-OH is 1. The summed E-state index contributed by atoms with van der Waals surface area (Å²) in [6.07, 6.45) is -0.988. The van der Waals surface area contributed by atoms with Gasteiger partial charge in [0.25, 0.3) is 11.4 Å². The summed E-state index contributed by atoms with van der Waals surface area (Å²) in [5.74, 6) is 0. The minimum Gasteiger partial charge on any atom is -0.387 e. The third kappa shape index (κ3) is 3.93. The van der Waals surface area contributed by atoms with Gasteiger partial charge in [-0.2, -0.15) is 0 Å². The highest BCUT2D eigenvalue weighted by Gasteiger charge is 2.20. The maximum absolute atomic E-state index is 11.0. The number of halogens is 1. The fourth-order valence-electron chi connectivity index (χ4n) is 2.00. The van der Waals surface area contributed by atoms with Crippen molar-refractivity contribution in [2.75, 3.05) is 11.9 Å². The number of hydrogen-bond donors (Lipinski definition) is 2. The minimum absolute atomic E-state index is 0.0393. The molecule has 23 heavy (non-hydrogen) atoms. The van der Waals surface area contributed by atoms with E-state index in [0.29, 0.717) is 10.6 Å². The third-order valence-corrected chi connectivity index (χ3v) is 3.48. The van der Waals surface area contributed by atoms with Crippen molar-refractivity contribution in [1.82, 2.24) is 0 Å². The molecule has 0 bridgehead atoms. The molecular weight excluding hydrogens is 326 g/mol. The second-order valence-electron chi connectivity index (χ2n) is 4.63. The number of nitro groups is 2. The average molecular weight is 338 g/mol. The Morgan fingerprint density at radius 3 is 2.43 bits per heavy atom. The van der Waals surface area contributed by atoms with Gasteiger partial charge in [-0.3, -0.25) is 20.2 Å². The second-order valence-corrected chi connectivity index (χ2v) is 5.04. The number of nitro benzene ring substituents is 2. The van der Waals surface area contributed by atoms with Crippen LogP contribution in [-0.2, 0) is 0 Å². The van der Waals surface area contributed by atoms with Crippen molar-refractivity contribution < 1.29 is 15.0 Å². The quantitative estimate of drug-likeness (QED) is 0.616. The van der Waals surface area contributed by atoms with E-state index in [1.165, 1.54) is 6.07 Å². The average Bonchev–Trinajstić information content (AvgIpc) is 2.52. The molecule has 0 aliphatic rings. The van der Waals surface area contributed by atoms with E-state index in [0.717, 1.165) is 12.1 Å². The summed E-state index contributed by atoms with van der Waals surface area (Å²) >= 11 is 5.97. The summed E-state index contributed by atoms with van der Waals surface area (Å²) < 4.78 is 0. The lowest BCUT2D eigenvalue weighted by Gasteiger charge is -2.14. The van der Waals surface area contributed by atoms with Crippen molar-refractivity contribution in [3.8, 4) is 0 Å². The van der Waals surface area contributed by atoms with Crippen LogP contribution in [-0.4, -0.2) is 21.5 Å². The fourth-order valence-corrected chi connectivity index (χ4v) is 2.26.